The van der Waals surface area contributed by atoms with E-state index in [0.717, 1.165) is 5.69 Å². The minimum atomic E-state index is 0.942. The Kier molecular flexibility index (Phi) is 1.75. The van der Waals surface area contributed by atoms with E-state index in [1.807, 2.05) is 24.5 Å². The van der Waals surface area contributed by atoms with Crippen LogP contribution in [0.5, 0.6) is 0 Å². The third-order valence-corrected chi connectivity index (χ3v) is 1.24. The molecular weight excluding hydrogens is 120 g/mol. The van der Waals surface area contributed by atoms with Crippen molar-refractivity contribution in [2.75, 3.05) is 0 Å². The van der Waals surface area contributed by atoms with Gasteiger partial charge < -0.3 is 0 Å². The van der Waals surface area contributed by atoms with Crippen molar-refractivity contribution >= 4 is 17.6 Å². The molecule has 0 atom stereocenters. The lowest BCUT2D eigenvalue weighted by Crippen LogP contribution is -1.67. The fourth-order valence-corrected chi connectivity index (χ4v) is 0.837. The van der Waals surface area contributed by atoms with Crippen LogP contribution in [0.25, 0.3) is 6.08 Å². The van der Waals surface area contributed by atoms with Gasteiger partial charge in [-0.2, -0.15) is 0 Å². The van der Waals surface area contributed by atoms with Crippen molar-refractivity contribution in [1.29, 1.82) is 0 Å². The van der Waals surface area contributed by atoms with Crippen molar-refractivity contribution in [3.63, 3.8) is 0 Å². The Bertz CT molecular complexity index is 167. The summed E-state index contributed by atoms with van der Waals surface area (Å²) in [5.74, 6) is 0. The Balaban J connectivity index is 2.77. The van der Waals surface area contributed by atoms with Crippen LogP contribution in [0.1, 0.15) is 12.6 Å². The first-order chi connectivity index (χ1) is 3.93. The number of aromatic nitrogens is 2. The summed E-state index contributed by atoms with van der Waals surface area (Å²) in [6, 6.07) is 0. The van der Waals surface area contributed by atoms with Gasteiger partial charge in [0, 0.05) is 5.38 Å². The molecule has 0 N–H and O–H groups in total. The van der Waals surface area contributed by atoms with Crippen LogP contribution in [0, 0.1) is 0 Å². The number of hydrogen-bond donors (Lipinski definition) is 0. The summed E-state index contributed by atoms with van der Waals surface area (Å²) < 4.78 is 3.68. The highest BCUT2D eigenvalue weighted by molar-refractivity contribution is 7.03. The molecule has 0 amide bonds. The molecular formula is C5H6N2S. The minimum absolute atomic E-state index is 0.942. The zero-order valence-corrected chi connectivity index (χ0v) is 5.35. The molecule has 0 aliphatic carbocycles. The minimum Gasteiger partial charge on any atom is -0.139 e. The van der Waals surface area contributed by atoms with Gasteiger partial charge in [-0.25, -0.2) is 0 Å². The van der Waals surface area contributed by atoms with Crippen LogP contribution in [-0.2, 0) is 0 Å². The van der Waals surface area contributed by atoms with Gasteiger partial charge in [0.15, 0.2) is 0 Å². The largest absolute Gasteiger partial charge is 0.139 e. The predicted molar refractivity (Wildman–Crippen MR) is 34.6 cm³/mol. The summed E-state index contributed by atoms with van der Waals surface area (Å²) in [5, 5.41) is 5.69. The highest BCUT2D eigenvalue weighted by atomic mass is 32.1. The second-order valence-electron chi connectivity index (χ2n) is 1.33. The standard InChI is InChI=1S/C5H6N2S/c1-2-3-5-4-8-7-6-5/h2-4H,1H3/b3-2+. The smallest absolute Gasteiger partial charge is 0.0978 e. The van der Waals surface area contributed by atoms with Gasteiger partial charge >= 0.3 is 0 Å². The lowest BCUT2D eigenvalue weighted by atomic mass is 10.4. The molecule has 42 valence electrons. The molecule has 0 saturated heterocycles. The molecule has 1 heterocycles. The predicted octanol–water partition coefficient (Wildman–Crippen LogP) is 1.57. The molecule has 3 heteroatoms. The lowest BCUT2D eigenvalue weighted by molar-refractivity contribution is 1.14. The molecule has 2 nitrogen and oxygen atoms in total. The quantitative estimate of drug-likeness (QED) is 0.570. The molecule has 1 aromatic rings. The molecule has 8 heavy (non-hydrogen) atoms. The molecule has 0 aliphatic heterocycles. The van der Waals surface area contributed by atoms with E-state index in [4.69, 9.17) is 0 Å². The van der Waals surface area contributed by atoms with E-state index in [0.29, 0.717) is 0 Å². The van der Waals surface area contributed by atoms with Crippen LogP contribution in [-0.4, -0.2) is 9.59 Å². The maximum absolute atomic E-state index is 3.79. The zero-order valence-electron chi connectivity index (χ0n) is 4.53. The summed E-state index contributed by atoms with van der Waals surface area (Å²) in [6.07, 6.45) is 3.86. The van der Waals surface area contributed by atoms with E-state index in [-0.39, 0.29) is 0 Å². The first kappa shape index (κ1) is 5.44. The van der Waals surface area contributed by atoms with Crippen molar-refractivity contribution < 1.29 is 0 Å². The van der Waals surface area contributed by atoms with Crippen molar-refractivity contribution in [2.24, 2.45) is 0 Å². The summed E-state index contributed by atoms with van der Waals surface area (Å²) in [7, 11) is 0. The van der Waals surface area contributed by atoms with Crippen molar-refractivity contribution in [1.82, 2.24) is 9.59 Å². The topological polar surface area (TPSA) is 25.8 Å². The first-order valence-corrected chi connectivity index (χ1v) is 3.17. The van der Waals surface area contributed by atoms with E-state index in [9.17, 15) is 0 Å². The van der Waals surface area contributed by atoms with Gasteiger partial charge in [0.2, 0.25) is 0 Å². The molecule has 0 spiro atoms. The van der Waals surface area contributed by atoms with E-state index < -0.39 is 0 Å². The third-order valence-electron chi connectivity index (χ3n) is 0.714. The molecule has 0 radical (unpaired) electrons. The summed E-state index contributed by atoms with van der Waals surface area (Å²) >= 11 is 1.37. The SMILES string of the molecule is C/C=C/c1csnn1. The monoisotopic (exact) mass is 126 g/mol. The zero-order chi connectivity index (χ0) is 5.82. The Morgan fingerprint density at radius 3 is 3.12 bits per heavy atom. The van der Waals surface area contributed by atoms with E-state index in [1.54, 1.807) is 0 Å². The van der Waals surface area contributed by atoms with Crippen LogP contribution < -0.4 is 0 Å². The second kappa shape index (κ2) is 2.57. The average Bonchev–Trinajstić information content (AvgIpc) is 2.19. The Hall–Kier alpha value is -0.700. The van der Waals surface area contributed by atoms with Crippen molar-refractivity contribution in [3.8, 4) is 0 Å². The van der Waals surface area contributed by atoms with Crippen LogP contribution in [0.2, 0.25) is 0 Å². The normalized spacial score (nSPS) is 10.6. The Labute approximate surface area is 52.0 Å². The van der Waals surface area contributed by atoms with Gasteiger partial charge in [-0.15, -0.1) is 5.10 Å². The van der Waals surface area contributed by atoms with E-state index in [2.05, 4.69) is 9.59 Å². The molecule has 1 rings (SSSR count). The lowest BCUT2D eigenvalue weighted by Gasteiger charge is -1.71. The molecule has 0 saturated carbocycles. The van der Waals surface area contributed by atoms with Gasteiger partial charge in [0.1, 0.15) is 0 Å². The summed E-state index contributed by atoms with van der Waals surface area (Å²) in [4.78, 5) is 0. The number of allylic oxidation sites excluding steroid dienone is 1. The van der Waals surface area contributed by atoms with Gasteiger partial charge in [-0.05, 0) is 24.5 Å². The number of hydrogen-bond acceptors (Lipinski definition) is 3. The highest BCUT2D eigenvalue weighted by Crippen LogP contribution is 1.97. The maximum Gasteiger partial charge on any atom is 0.0978 e. The van der Waals surface area contributed by atoms with Crippen molar-refractivity contribution in [3.05, 3.63) is 17.2 Å². The second-order valence-corrected chi connectivity index (χ2v) is 1.94. The molecule has 0 bridgehead atoms. The van der Waals surface area contributed by atoms with Gasteiger partial charge in [-0.1, -0.05) is 10.6 Å². The van der Waals surface area contributed by atoms with E-state index in [1.165, 1.54) is 11.5 Å². The van der Waals surface area contributed by atoms with Gasteiger partial charge in [0.05, 0.1) is 5.69 Å². The molecule has 0 aliphatic rings. The van der Waals surface area contributed by atoms with Crippen LogP contribution in [0.3, 0.4) is 0 Å². The number of nitrogens with zero attached hydrogens (tertiary/aromatic N) is 2. The molecule has 0 fully saturated rings. The van der Waals surface area contributed by atoms with Gasteiger partial charge in [0.25, 0.3) is 0 Å². The Morgan fingerprint density at radius 2 is 2.62 bits per heavy atom. The van der Waals surface area contributed by atoms with Crippen LogP contribution in [0.4, 0.5) is 0 Å². The third kappa shape index (κ3) is 1.13. The van der Waals surface area contributed by atoms with Crippen LogP contribution >= 0.6 is 11.5 Å². The van der Waals surface area contributed by atoms with Crippen LogP contribution in [0.15, 0.2) is 11.5 Å². The first-order valence-electron chi connectivity index (χ1n) is 2.33. The molecule has 0 unspecified atom stereocenters. The molecule has 1 aromatic heterocycles. The van der Waals surface area contributed by atoms with Crippen molar-refractivity contribution in [2.45, 2.75) is 6.92 Å². The van der Waals surface area contributed by atoms with Gasteiger partial charge in [-0.3, -0.25) is 0 Å². The fourth-order valence-electron chi connectivity index (χ4n) is 0.415. The Morgan fingerprint density at radius 1 is 1.75 bits per heavy atom. The maximum atomic E-state index is 3.79. The molecule has 0 aromatic carbocycles. The van der Waals surface area contributed by atoms with E-state index >= 15 is 0 Å². The fraction of sp³-hybridized carbons (Fsp3) is 0.200. The number of rotatable bonds is 1. The highest BCUT2D eigenvalue weighted by Gasteiger charge is 1.83. The average molecular weight is 126 g/mol. The summed E-state index contributed by atoms with van der Waals surface area (Å²) in [5.41, 5.74) is 0.942. The summed E-state index contributed by atoms with van der Waals surface area (Å²) in [6.45, 7) is 1.96.